The number of carbonyl (C=O) groups excluding carboxylic acids is 1. The fraction of sp³-hybridized carbons (Fsp3) is 0.929. The molecule has 5 nitrogen and oxygen atoms in total. The van der Waals surface area contributed by atoms with Gasteiger partial charge in [0.25, 0.3) is 0 Å². The molecule has 2 atom stereocenters. The van der Waals surface area contributed by atoms with Crippen molar-refractivity contribution in [1.82, 2.24) is 5.32 Å². The van der Waals surface area contributed by atoms with Gasteiger partial charge in [0.05, 0.1) is 11.5 Å². The van der Waals surface area contributed by atoms with Crippen LogP contribution in [-0.4, -0.2) is 43.4 Å². The first-order chi connectivity index (χ1) is 8.61. The summed E-state index contributed by atoms with van der Waals surface area (Å²) in [6.07, 6.45) is 1.21. The molecule has 0 aliphatic heterocycles. The van der Waals surface area contributed by atoms with Crippen LogP contribution >= 0.6 is 0 Å². The standard InChI is InChI=1S/C14H30N2O3/c1-13(2,3)8-11(9-15)12(17)16-10-14(4,18)6-7-19-5/h11,18H,6-10,15H2,1-5H3,(H,16,17). The first-order valence-corrected chi connectivity index (χ1v) is 6.80. The zero-order valence-corrected chi connectivity index (χ0v) is 13.0. The zero-order chi connectivity index (χ0) is 15.1. The summed E-state index contributed by atoms with van der Waals surface area (Å²) in [7, 11) is 1.59. The quantitative estimate of drug-likeness (QED) is 0.614. The van der Waals surface area contributed by atoms with Crippen molar-refractivity contribution in [2.24, 2.45) is 17.1 Å². The lowest BCUT2D eigenvalue weighted by Crippen LogP contribution is -2.45. The number of carbonyl (C=O) groups is 1. The number of methoxy groups -OCH3 is 1. The molecule has 0 heterocycles. The van der Waals surface area contributed by atoms with Gasteiger partial charge >= 0.3 is 0 Å². The lowest BCUT2D eigenvalue weighted by Gasteiger charge is -2.27. The monoisotopic (exact) mass is 274 g/mol. The van der Waals surface area contributed by atoms with E-state index in [2.05, 4.69) is 26.1 Å². The highest BCUT2D eigenvalue weighted by molar-refractivity contribution is 5.79. The first-order valence-electron chi connectivity index (χ1n) is 6.80. The summed E-state index contributed by atoms with van der Waals surface area (Å²) in [4.78, 5) is 12.0. The topological polar surface area (TPSA) is 84.6 Å². The lowest BCUT2D eigenvalue weighted by molar-refractivity contribution is -0.126. The van der Waals surface area contributed by atoms with E-state index in [1.54, 1.807) is 14.0 Å². The molecule has 0 aromatic heterocycles. The van der Waals surface area contributed by atoms with Gasteiger partial charge in [-0.25, -0.2) is 0 Å². The summed E-state index contributed by atoms with van der Waals surface area (Å²) >= 11 is 0. The molecule has 0 aromatic rings. The largest absolute Gasteiger partial charge is 0.388 e. The van der Waals surface area contributed by atoms with Gasteiger partial charge < -0.3 is 20.9 Å². The molecule has 0 saturated heterocycles. The van der Waals surface area contributed by atoms with E-state index in [1.807, 2.05) is 0 Å². The van der Waals surface area contributed by atoms with Crippen LogP contribution in [0.15, 0.2) is 0 Å². The number of amides is 1. The molecule has 0 bridgehead atoms. The van der Waals surface area contributed by atoms with Gasteiger partial charge in [0, 0.05) is 33.2 Å². The van der Waals surface area contributed by atoms with Crippen LogP contribution in [0.1, 0.15) is 40.5 Å². The minimum Gasteiger partial charge on any atom is -0.388 e. The minimum absolute atomic E-state index is 0.0555. The van der Waals surface area contributed by atoms with E-state index >= 15 is 0 Å². The molecule has 0 fully saturated rings. The van der Waals surface area contributed by atoms with Crippen molar-refractivity contribution in [2.45, 2.75) is 46.1 Å². The maximum Gasteiger partial charge on any atom is 0.224 e. The highest BCUT2D eigenvalue weighted by Crippen LogP contribution is 2.24. The third-order valence-electron chi connectivity index (χ3n) is 3.00. The van der Waals surface area contributed by atoms with Crippen molar-refractivity contribution in [1.29, 1.82) is 0 Å². The van der Waals surface area contributed by atoms with Crippen LogP contribution in [0.4, 0.5) is 0 Å². The molecule has 0 aliphatic carbocycles. The Labute approximate surface area is 116 Å². The van der Waals surface area contributed by atoms with Crippen LogP contribution in [0.2, 0.25) is 0 Å². The van der Waals surface area contributed by atoms with Gasteiger partial charge in [0.1, 0.15) is 0 Å². The highest BCUT2D eigenvalue weighted by atomic mass is 16.5. The molecule has 19 heavy (non-hydrogen) atoms. The number of nitrogens with one attached hydrogen (secondary N) is 1. The molecule has 0 rings (SSSR count). The average Bonchev–Trinajstić information content (AvgIpc) is 2.29. The Morgan fingerprint density at radius 1 is 1.37 bits per heavy atom. The first kappa shape index (κ1) is 18.4. The summed E-state index contributed by atoms with van der Waals surface area (Å²) < 4.78 is 4.93. The van der Waals surface area contributed by atoms with Gasteiger partial charge in [-0.05, 0) is 18.8 Å². The third kappa shape index (κ3) is 8.97. The normalized spacial score (nSPS) is 16.8. The summed E-state index contributed by atoms with van der Waals surface area (Å²) in [6.45, 7) is 8.94. The van der Waals surface area contributed by atoms with E-state index in [0.717, 1.165) is 6.42 Å². The van der Waals surface area contributed by atoms with E-state index < -0.39 is 5.60 Å². The van der Waals surface area contributed by atoms with Gasteiger partial charge in [-0.1, -0.05) is 20.8 Å². The van der Waals surface area contributed by atoms with E-state index in [-0.39, 0.29) is 23.8 Å². The molecule has 5 heteroatoms. The second-order valence-electron chi connectivity index (χ2n) is 6.65. The molecule has 0 spiro atoms. The molecular formula is C14H30N2O3. The summed E-state index contributed by atoms with van der Waals surface area (Å²) in [5, 5.41) is 12.8. The van der Waals surface area contributed by atoms with Gasteiger partial charge in [-0.3, -0.25) is 4.79 Å². The number of hydrogen-bond donors (Lipinski definition) is 3. The van der Waals surface area contributed by atoms with Gasteiger partial charge in [-0.15, -0.1) is 0 Å². The van der Waals surface area contributed by atoms with Crippen LogP contribution in [-0.2, 0) is 9.53 Å². The zero-order valence-electron chi connectivity index (χ0n) is 13.0. The summed E-state index contributed by atoms with van der Waals surface area (Å²) in [5.41, 5.74) is 4.76. The molecule has 114 valence electrons. The van der Waals surface area contributed by atoms with Crippen molar-refractivity contribution < 1.29 is 14.6 Å². The van der Waals surface area contributed by atoms with Gasteiger partial charge in [0.2, 0.25) is 5.91 Å². The molecule has 0 saturated carbocycles. The number of nitrogens with two attached hydrogens (primary N) is 1. The van der Waals surface area contributed by atoms with Crippen molar-refractivity contribution in [3.05, 3.63) is 0 Å². The second-order valence-corrected chi connectivity index (χ2v) is 6.65. The predicted molar refractivity (Wildman–Crippen MR) is 76.7 cm³/mol. The minimum atomic E-state index is -0.952. The van der Waals surface area contributed by atoms with Crippen molar-refractivity contribution in [2.75, 3.05) is 26.8 Å². The molecule has 0 radical (unpaired) electrons. The maximum absolute atomic E-state index is 12.0. The molecule has 0 aliphatic rings. The average molecular weight is 274 g/mol. The van der Waals surface area contributed by atoms with E-state index in [0.29, 0.717) is 19.6 Å². The lowest BCUT2D eigenvalue weighted by atomic mass is 9.84. The molecule has 2 unspecified atom stereocenters. The van der Waals surface area contributed by atoms with Gasteiger partial charge in [-0.2, -0.15) is 0 Å². The summed E-state index contributed by atoms with van der Waals surface area (Å²) in [5.74, 6) is -0.298. The number of aliphatic hydroxyl groups is 1. The maximum atomic E-state index is 12.0. The Kier molecular flexibility index (Phi) is 7.55. The smallest absolute Gasteiger partial charge is 0.224 e. The van der Waals surface area contributed by atoms with Crippen LogP contribution in [0.3, 0.4) is 0 Å². The number of hydrogen-bond acceptors (Lipinski definition) is 4. The van der Waals surface area contributed by atoms with Crippen molar-refractivity contribution in [3.8, 4) is 0 Å². The fourth-order valence-electron chi connectivity index (χ4n) is 1.85. The van der Waals surface area contributed by atoms with Crippen LogP contribution in [0.25, 0.3) is 0 Å². The van der Waals surface area contributed by atoms with Crippen molar-refractivity contribution >= 4 is 5.91 Å². The molecular weight excluding hydrogens is 244 g/mol. The molecule has 0 aromatic carbocycles. The highest BCUT2D eigenvalue weighted by Gasteiger charge is 2.26. The Morgan fingerprint density at radius 2 is 1.95 bits per heavy atom. The van der Waals surface area contributed by atoms with E-state index in [1.165, 1.54) is 0 Å². The molecule has 4 N–H and O–H groups in total. The van der Waals surface area contributed by atoms with Crippen LogP contribution in [0.5, 0.6) is 0 Å². The van der Waals surface area contributed by atoms with Gasteiger partial charge in [0.15, 0.2) is 0 Å². The SMILES string of the molecule is COCCC(C)(O)CNC(=O)C(CN)CC(C)(C)C. The molecule has 1 amide bonds. The summed E-state index contributed by atoms with van der Waals surface area (Å²) in [6, 6.07) is 0. The Morgan fingerprint density at radius 3 is 2.37 bits per heavy atom. The Bertz CT molecular complexity index is 272. The second kappa shape index (κ2) is 7.82. The van der Waals surface area contributed by atoms with Crippen LogP contribution in [0, 0.1) is 11.3 Å². The van der Waals surface area contributed by atoms with E-state index in [4.69, 9.17) is 10.5 Å². The van der Waals surface area contributed by atoms with Crippen LogP contribution < -0.4 is 11.1 Å². The Hall–Kier alpha value is -0.650. The number of rotatable bonds is 8. The third-order valence-corrected chi connectivity index (χ3v) is 3.00. The van der Waals surface area contributed by atoms with Crippen molar-refractivity contribution in [3.63, 3.8) is 0 Å². The number of ether oxygens (including phenoxy) is 1. The fourth-order valence-corrected chi connectivity index (χ4v) is 1.85. The Balaban J connectivity index is 4.27. The van der Waals surface area contributed by atoms with E-state index in [9.17, 15) is 9.90 Å². The predicted octanol–water partition coefficient (Wildman–Crippen LogP) is 0.901.